The Balaban J connectivity index is 1.36. The minimum absolute atomic E-state index is 0.0796. The van der Waals surface area contributed by atoms with Crippen LogP contribution in [0, 0.1) is 0 Å². The van der Waals surface area contributed by atoms with Crippen LogP contribution in [0.3, 0.4) is 0 Å². The van der Waals surface area contributed by atoms with Crippen LogP contribution in [-0.4, -0.2) is 93.5 Å². The number of benzene rings is 1. The molecule has 11 heteroatoms. The van der Waals surface area contributed by atoms with E-state index in [1.54, 1.807) is 18.2 Å². The van der Waals surface area contributed by atoms with Gasteiger partial charge < -0.3 is 24.3 Å². The summed E-state index contributed by atoms with van der Waals surface area (Å²) in [5.41, 5.74) is 0.954. The van der Waals surface area contributed by atoms with Crippen molar-refractivity contribution < 1.29 is 38.1 Å². The number of amides is 4. The number of piperidine rings is 1. The zero-order valence-corrected chi connectivity index (χ0v) is 20.2. The number of rotatable bonds is 15. The normalized spacial score (nSPS) is 17.8. The average molecular weight is 492 g/mol. The van der Waals surface area contributed by atoms with Gasteiger partial charge in [-0.1, -0.05) is 6.07 Å². The molecule has 0 spiro atoms. The van der Waals surface area contributed by atoms with Crippen LogP contribution in [-0.2, 0) is 28.5 Å². The lowest BCUT2D eigenvalue weighted by Gasteiger charge is -2.27. The van der Waals surface area contributed by atoms with E-state index in [4.69, 9.17) is 18.9 Å². The van der Waals surface area contributed by atoms with Crippen molar-refractivity contribution in [1.29, 1.82) is 0 Å². The Morgan fingerprint density at radius 1 is 0.943 bits per heavy atom. The predicted molar refractivity (Wildman–Crippen MR) is 125 cm³/mol. The van der Waals surface area contributed by atoms with Gasteiger partial charge in [0.05, 0.1) is 63.5 Å². The molecule has 0 aromatic heterocycles. The minimum atomic E-state index is -0.991. The first-order valence-corrected chi connectivity index (χ1v) is 11.8. The van der Waals surface area contributed by atoms with Gasteiger partial charge in [-0.2, -0.15) is 0 Å². The Morgan fingerprint density at radius 2 is 1.60 bits per heavy atom. The predicted octanol–water partition coefficient (Wildman–Crippen LogP) is 0.975. The third kappa shape index (κ3) is 7.31. The number of nitrogens with one attached hydrogen (secondary N) is 2. The zero-order valence-electron chi connectivity index (χ0n) is 20.2. The summed E-state index contributed by atoms with van der Waals surface area (Å²) >= 11 is 0. The molecule has 0 aliphatic carbocycles. The highest BCUT2D eigenvalue weighted by Crippen LogP contribution is 2.32. The monoisotopic (exact) mass is 491 g/mol. The summed E-state index contributed by atoms with van der Waals surface area (Å²) in [6.45, 7) is 7.63. The Hall–Kier alpha value is -2.86. The Bertz CT molecular complexity index is 920. The molecule has 1 atom stereocenters. The first-order valence-electron chi connectivity index (χ1n) is 11.8. The minimum Gasteiger partial charge on any atom is -0.382 e. The van der Waals surface area contributed by atoms with Crippen LogP contribution in [0.4, 0.5) is 5.69 Å². The Kier molecular flexibility index (Phi) is 10.2. The van der Waals surface area contributed by atoms with Gasteiger partial charge in [-0.05, 0) is 32.4 Å². The number of hydrogen-bond donors (Lipinski definition) is 2. The maximum Gasteiger partial charge on any atom is 0.264 e. The summed E-state index contributed by atoms with van der Waals surface area (Å²) in [5.74, 6) is -2.12. The molecular weight excluding hydrogens is 458 g/mol. The molecule has 0 bridgehead atoms. The first kappa shape index (κ1) is 26.7. The second-order valence-electron chi connectivity index (χ2n) is 8.36. The van der Waals surface area contributed by atoms with Crippen molar-refractivity contribution in [1.82, 2.24) is 10.2 Å². The number of ether oxygens (including phenoxy) is 4. The molecule has 2 N–H and O–H groups in total. The molecule has 192 valence electrons. The number of fused-ring (bicyclic) bond motifs is 1. The standard InChI is InChI=1S/C24H33N3O8/c1-16(2)35-15-14-34-13-12-33-11-10-32-9-8-25-18-5-3-4-17-21(18)24(31)27(23(17)30)19-6-7-20(28)26-22(19)29/h3-5,16,19,25H,6-15H2,1-2H3,(H,26,28,29). The van der Waals surface area contributed by atoms with Crippen LogP contribution in [0.25, 0.3) is 0 Å². The largest absolute Gasteiger partial charge is 0.382 e. The van der Waals surface area contributed by atoms with Crippen LogP contribution in [0.15, 0.2) is 18.2 Å². The van der Waals surface area contributed by atoms with E-state index in [1.807, 2.05) is 13.8 Å². The molecule has 1 fully saturated rings. The van der Waals surface area contributed by atoms with Gasteiger partial charge >= 0.3 is 0 Å². The van der Waals surface area contributed by atoms with Crippen molar-refractivity contribution in [3.8, 4) is 0 Å². The number of carbonyl (C=O) groups excluding carboxylic acids is 4. The second kappa shape index (κ2) is 13.3. The molecule has 3 rings (SSSR count). The highest BCUT2D eigenvalue weighted by molar-refractivity contribution is 6.25. The number of imide groups is 2. The van der Waals surface area contributed by atoms with Crippen molar-refractivity contribution >= 4 is 29.3 Å². The lowest BCUT2D eigenvalue weighted by Crippen LogP contribution is -2.54. The number of hydrogen-bond acceptors (Lipinski definition) is 9. The Labute approximate surface area is 204 Å². The third-order valence-corrected chi connectivity index (χ3v) is 5.45. The molecule has 2 aliphatic heterocycles. The average Bonchev–Trinajstić information content (AvgIpc) is 3.07. The summed E-state index contributed by atoms with van der Waals surface area (Å²) in [6.07, 6.45) is 0.392. The molecule has 2 aliphatic rings. The summed E-state index contributed by atoms with van der Waals surface area (Å²) in [7, 11) is 0. The second-order valence-corrected chi connectivity index (χ2v) is 8.36. The highest BCUT2D eigenvalue weighted by atomic mass is 16.6. The van der Waals surface area contributed by atoms with E-state index in [0.717, 1.165) is 4.90 Å². The van der Waals surface area contributed by atoms with Crippen molar-refractivity contribution in [2.24, 2.45) is 0 Å². The van der Waals surface area contributed by atoms with Gasteiger partial charge in [0.2, 0.25) is 11.8 Å². The van der Waals surface area contributed by atoms with Crippen molar-refractivity contribution in [2.45, 2.75) is 38.8 Å². The van der Waals surface area contributed by atoms with Gasteiger partial charge in [0, 0.05) is 18.7 Å². The van der Waals surface area contributed by atoms with E-state index >= 15 is 0 Å². The van der Waals surface area contributed by atoms with Gasteiger partial charge in [0.1, 0.15) is 6.04 Å². The van der Waals surface area contributed by atoms with Crippen LogP contribution < -0.4 is 10.6 Å². The van der Waals surface area contributed by atoms with E-state index in [0.29, 0.717) is 58.5 Å². The number of carbonyl (C=O) groups is 4. The quantitative estimate of drug-likeness (QED) is 0.272. The molecular formula is C24H33N3O8. The van der Waals surface area contributed by atoms with Crippen molar-refractivity contribution in [3.05, 3.63) is 29.3 Å². The fraction of sp³-hybridized carbons (Fsp3) is 0.583. The maximum atomic E-state index is 13.0. The number of nitrogens with zero attached hydrogens (tertiary/aromatic N) is 1. The first-order chi connectivity index (χ1) is 16.9. The fourth-order valence-electron chi connectivity index (χ4n) is 3.80. The molecule has 2 heterocycles. The van der Waals surface area contributed by atoms with Crippen LogP contribution in [0.1, 0.15) is 47.4 Å². The van der Waals surface area contributed by atoms with Gasteiger partial charge in [-0.15, -0.1) is 0 Å². The van der Waals surface area contributed by atoms with Crippen molar-refractivity contribution in [2.75, 3.05) is 58.1 Å². The fourth-order valence-corrected chi connectivity index (χ4v) is 3.80. The van der Waals surface area contributed by atoms with Gasteiger partial charge in [-0.3, -0.25) is 29.4 Å². The number of anilines is 1. The van der Waals surface area contributed by atoms with E-state index in [9.17, 15) is 19.2 Å². The van der Waals surface area contributed by atoms with E-state index in [2.05, 4.69) is 10.6 Å². The van der Waals surface area contributed by atoms with Gasteiger partial charge in [0.25, 0.3) is 11.8 Å². The summed E-state index contributed by atoms with van der Waals surface area (Å²) in [4.78, 5) is 50.5. The topological polar surface area (TPSA) is 132 Å². The highest BCUT2D eigenvalue weighted by Gasteiger charge is 2.45. The summed E-state index contributed by atoms with van der Waals surface area (Å²) in [6, 6.07) is 3.94. The van der Waals surface area contributed by atoms with E-state index in [-0.39, 0.29) is 30.1 Å². The van der Waals surface area contributed by atoms with Gasteiger partial charge in [-0.25, -0.2) is 0 Å². The molecule has 4 amide bonds. The zero-order chi connectivity index (χ0) is 25.2. The molecule has 1 saturated heterocycles. The summed E-state index contributed by atoms with van der Waals surface area (Å²) in [5, 5.41) is 5.32. The molecule has 0 saturated carbocycles. The lowest BCUT2D eigenvalue weighted by atomic mass is 10.0. The van der Waals surface area contributed by atoms with Crippen LogP contribution in [0.5, 0.6) is 0 Å². The van der Waals surface area contributed by atoms with Crippen LogP contribution in [0.2, 0.25) is 0 Å². The van der Waals surface area contributed by atoms with Gasteiger partial charge in [0.15, 0.2) is 0 Å². The van der Waals surface area contributed by atoms with Crippen molar-refractivity contribution in [3.63, 3.8) is 0 Å². The molecule has 1 aromatic rings. The lowest BCUT2D eigenvalue weighted by molar-refractivity contribution is -0.136. The molecule has 1 aromatic carbocycles. The molecule has 0 radical (unpaired) electrons. The smallest absolute Gasteiger partial charge is 0.264 e. The summed E-state index contributed by atoms with van der Waals surface area (Å²) < 4.78 is 21.8. The Morgan fingerprint density at radius 3 is 2.26 bits per heavy atom. The molecule has 11 nitrogen and oxygen atoms in total. The molecule has 1 unspecified atom stereocenters. The van der Waals surface area contributed by atoms with E-state index in [1.165, 1.54) is 0 Å². The van der Waals surface area contributed by atoms with E-state index < -0.39 is 29.7 Å². The van der Waals surface area contributed by atoms with Crippen LogP contribution >= 0.6 is 0 Å². The molecule has 35 heavy (non-hydrogen) atoms. The third-order valence-electron chi connectivity index (χ3n) is 5.45. The maximum absolute atomic E-state index is 13.0. The SMILES string of the molecule is CC(C)OCCOCCOCCOCCNc1cccc2c1C(=O)N(C1CCC(=O)NC1=O)C2=O.